The maximum absolute atomic E-state index is 13.7. The molecule has 2 aromatic carbocycles. The minimum atomic E-state index is -0.848. The lowest BCUT2D eigenvalue weighted by Crippen LogP contribution is -2.43. The van der Waals surface area contributed by atoms with Crippen LogP contribution in [0.2, 0.25) is 0 Å². The van der Waals surface area contributed by atoms with E-state index in [1.54, 1.807) is 41.7 Å². The Morgan fingerprint density at radius 3 is 2.26 bits per heavy atom. The summed E-state index contributed by atoms with van der Waals surface area (Å²) in [6.45, 7) is 2.56. The third kappa shape index (κ3) is 5.72. The molecule has 1 N–H and O–H groups in total. The molecule has 2 heterocycles. The smallest absolute Gasteiger partial charge is 0.273 e. The predicted octanol–water partition coefficient (Wildman–Crippen LogP) is 4.49. The highest BCUT2D eigenvalue weighted by molar-refractivity contribution is 5.96. The molecule has 0 aliphatic carbocycles. The van der Waals surface area contributed by atoms with Gasteiger partial charge in [0.1, 0.15) is 11.7 Å². The zero-order valence-electron chi connectivity index (χ0n) is 19.0. The molecule has 2 aromatic heterocycles. The predicted molar refractivity (Wildman–Crippen MR) is 131 cm³/mol. The van der Waals surface area contributed by atoms with Crippen molar-refractivity contribution in [2.24, 2.45) is 0 Å². The standard InChI is InChI=1S/C28H26N4O2/c1-21-12-14-24(15-13-21)26(27(33)31-19-22-8-3-2-4-9-22)32(20-23-10-7-16-29-18-23)28(34)25-11-5-6-17-30-25/h2-18,26H,19-20H2,1H3,(H,31,33)/t26-/m1/s1. The lowest BCUT2D eigenvalue weighted by atomic mass is 10.0. The van der Waals surface area contributed by atoms with E-state index >= 15 is 0 Å². The number of nitrogens with zero attached hydrogens (tertiary/aromatic N) is 3. The monoisotopic (exact) mass is 450 g/mol. The summed E-state index contributed by atoms with van der Waals surface area (Å²) in [7, 11) is 0. The van der Waals surface area contributed by atoms with E-state index in [0.29, 0.717) is 6.54 Å². The highest BCUT2D eigenvalue weighted by Crippen LogP contribution is 2.26. The second-order valence-electron chi connectivity index (χ2n) is 8.03. The van der Waals surface area contributed by atoms with Gasteiger partial charge >= 0.3 is 0 Å². The first-order valence-electron chi connectivity index (χ1n) is 11.1. The molecule has 4 rings (SSSR count). The molecule has 0 unspecified atom stereocenters. The number of benzene rings is 2. The summed E-state index contributed by atoms with van der Waals surface area (Å²) >= 11 is 0. The molecular weight excluding hydrogens is 424 g/mol. The zero-order valence-corrected chi connectivity index (χ0v) is 19.0. The van der Waals surface area contributed by atoms with Gasteiger partial charge in [0.05, 0.1) is 0 Å². The first kappa shape index (κ1) is 22.9. The van der Waals surface area contributed by atoms with Crippen LogP contribution < -0.4 is 5.32 Å². The molecule has 34 heavy (non-hydrogen) atoms. The fourth-order valence-corrected chi connectivity index (χ4v) is 3.71. The Morgan fingerprint density at radius 2 is 1.59 bits per heavy atom. The van der Waals surface area contributed by atoms with E-state index in [0.717, 1.165) is 22.3 Å². The van der Waals surface area contributed by atoms with Gasteiger partial charge in [0.2, 0.25) is 5.91 Å². The minimum absolute atomic E-state index is 0.209. The summed E-state index contributed by atoms with van der Waals surface area (Å²) in [5, 5.41) is 3.02. The number of aromatic nitrogens is 2. The van der Waals surface area contributed by atoms with Crippen LogP contribution in [-0.2, 0) is 17.9 Å². The molecule has 0 saturated carbocycles. The second kappa shape index (κ2) is 11.0. The summed E-state index contributed by atoms with van der Waals surface area (Å²) in [4.78, 5) is 37.3. The molecule has 170 valence electrons. The molecule has 0 aliphatic heterocycles. The normalized spacial score (nSPS) is 11.4. The third-order valence-electron chi connectivity index (χ3n) is 5.48. The molecule has 0 spiro atoms. The zero-order chi connectivity index (χ0) is 23.8. The number of hydrogen-bond acceptors (Lipinski definition) is 4. The lowest BCUT2D eigenvalue weighted by molar-refractivity contribution is -0.126. The van der Waals surface area contributed by atoms with Crippen molar-refractivity contribution < 1.29 is 9.59 Å². The molecule has 0 aliphatic rings. The van der Waals surface area contributed by atoms with Gasteiger partial charge in [-0.25, -0.2) is 0 Å². The molecule has 0 saturated heterocycles. The number of amides is 2. The molecule has 4 aromatic rings. The van der Waals surface area contributed by atoms with Crippen molar-refractivity contribution in [1.29, 1.82) is 0 Å². The van der Waals surface area contributed by atoms with Crippen molar-refractivity contribution in [1.82, 2.24) is 20.2 Å². The average molecular weight is 451 g/mol. The van der Waals surface area contributed by atoms with Gasteiger partial charge in [0.25, 0.3) is 5.91 Å². The van der Waals surface area contributed by atoms with Crippen LogP contribution in [0.15, 0.2) is 104 Å². The number of hydrogen-bond donors (Lipinski definition) is 1. The average Bonchev–Trinajstić information content (AvgIpc) is 2.89. The summed E-state index contributed by atoms with van der Waals surface area (Å²) < 4.78 is 0. The molecule has 2 amide bonds. The van der Waals surface area contributed by atoms with Crippen LogP contribution in [0.5, 0.6) is 0 Å². The number of pyridine rings is 2. The van der Waals surface area contributed by atoms with Gasteiger partial charge in [-0.3, -0.25) is 19.6 Å². The minimum Gasteiger partial charge on any atom is -0.350 e. The van der Waals surface area contributed by atoms with Crippen LogP contribution in [0, 0.1) is 6.92 Å². The van der Waals surface area contributed by atoms with Crippen molar-refractivity contribution in [2.45, 2.75) is 26.1 Å². The van der Waals surface area contributed by atoms with Crippen LogP contribution in [0.4, 0.5) is 0 Å². The Bertz CT molecular complexity index is 1210. The van der Waals surface area contributed by atoms with Gasteiger partial charge in [-0.05, 0) is 41.8 Å². The molecule has 6 nitrogen and oxygen atoms in total. The number of carbonyl (C=O) groups excluding carboxylic acids is 2. The second-order valence-corrected chi connectivity index (χ2v) is 8.03. The molecule has 6 heteroatoms. The summed E-state index contributed by atoms with van der Waals surface area (Å²) in [5.74, 6) is -0.592. The summed E-state index contributed by atoms with van der Waals surface area (Å²) in [6, 6.07) is 25.4. The highest BCUT2D eigenvalue weighted by Gasteiger charge is 2.32. The Kier molecular flexibility index (Phi) is 7.40. The molecule has 0 bridgehead atoms. The molecule has 0 radical (unpaired) electrons. The molecule has 0 fully saturated rings. The maximum atomic E-state index is 13.7. The lowest BCUT2D eigenvalue weighted by Gasteiger charge is -2.31. The quantitative estimate of drug-likeness (QED) is 0.429. The van der Waals surface area contributed by atoms with E-state index in [4.69, 9.17) is 0 Å². The first-order valence-corrected chi connectivity index (χ1v) is 11.1. The fourth-order valence-electron chi connectivity index (χ4n) is 3.71. The molecular formula is C28H26N4O2. The van der Waals surface area contributed by atoms with Crippen molar-refractivity contribution in [3.05, 3.63) is 131 Å². The van der Waals surface area contributed by atoms with Gasteiger partial charge in [0.15, 0.2) is 0 Å². The number of nitrogens with one attached hydrogen (secondary N) is 1. The van der Waals surface area contributed by atoms with Gasteiger partial charge in [-0.1, -0.05) is 72.3 Å². The number of aryl methyl sites for hydroxylation is 1. The molecule has 1 atom stereocenters. The van der Waals surface area contributed by atoms with Gasteiger partial charge in [-0.15, -0.1) is 0 Å². The fraction of sp³-hybridized carbons (Fsp3) is 0.143. The van der Waals surface area contributed by atoms with Crippen molar-refractivity contribution in [2.75, 3.05) is 0 Å². The van der Waals surface area contributed by atoms with Crippen LogP contribution in [-0.4, -0.2) is 26.7 Å². The van der Waals surface area contributed by atoms with E-state index < -0.39 is 6.04 Å². The van der Waals surface area contributed by atoms with E-state index in [1.165, 1.54) is 0 Å². The van der Waals surface area contributed by atoms with Crippen molar-refractivity contribution in [3.8, 4) is 0 Å². The summed E-state index contributed by atoms with van der Waals surface area (Å²) in [6.07, 6.45) is 4.96. The van der Waals surface area contributed by atoms with E-state index in [9.17, 15) is 9.59 Å². The topological polar surface area (TPSA) is 75.2 Å². The SMILES string of the molecule is Cc1ccc([C@H](C(=O)NCc2ccccc2)N(Cc2cccnc2)C(=O)c2ccccn2)cc1. The van der Waals surface area contributed by atoms with E-state index in [-0.39, 0.29) is 24.1 Å². The Hall–Kier alpha value is -4.32. The van der Waals surface area contributed by atoms with Crippen molar-refractivity contribution >= 4 is 11.8 Å². The van der Waals surface area contributed by atoms with Crippen LogP contribution >= 0.6 is 0 Å². The van der Waals surface area contributed by atoms with E-state index in [2.05, 4.69) is 15.3 Å². The summed E-state index contributed by atoms with van der Waals surface area (Å²) in [5.41, 5.74) is 3.87. The maximum Gasteiger partial charge on any atom is 0.273 e. The Morgan fingerprint density at radius 1 is 0.853 bits per heavy atom. The van der Waals surface area contributed by atoms with Crippen molar-refractivity contribution in [3.63, 3.8) is 0 Å². The van der Waals surface area contributed by atoms with Crippen LogP contribution in [0.3, 0.4) is 0 Å². The largest absolute Gasteiger partial charge is 0.350 e. The van der Waals surface area contributed by atoms with Gasteiger partial charge in [0, 0.05) is 31.7 Å². The first-order chi connectivity index (χ1) is 16.6. The van der Waals surface area contributed by atoms with Crippen LogP contribution in [0.1, 0.15) is 38.8 Å². The van der Waals surface area contributed by atoms with E-state index in [1.807, 2.05) is 73.7 Å². The Balaban J connectivity index is 1.72. The Labute approximate surface area is 199 Å². The van der Waals surface area contributed by atoms with Gasteiger partial charge < -0.3 is 10.2 Å². The third-order valence-corrected chi connectivity index (χ3v) is 5.48. The van der Waals surface area contributed by atoms with Crippen LogP contribution in [0.25, 0.3) is 0 Å². The number of rotatable bonds is 8. The number of carbonyl (C=O) groups is 2. The van der Waals surface area contributed by atoms with Gasteiger partial charge in [-0.2, -0.15) is 0 Å². The highest BCUT2D eigenvalue weighted by atomic mass is 16.2.